The number of nitrogens with two attached hydrogens (primary N) is 1. The highest BCUT2D eigenvalue weighted by molar-refractivity contribution is 8.00. The Hall–Kier alpha value is -0.550. The molecule has 0 rings (SSSR count). The summed E-state index contributed by atoms with van der Waals surface area (Å²) >= 11 is 1.44. The Morgan fingerprint density at radius 2 is 2.00 bits per heavy atom. The number of nitrogens with one attached hydrogen (secondary N) is 1. The molecule has 0 spiro atoms. The molecule has 0 aromatic carbocycles. The molecule has 3 N–H and O–H groups in total. The van der Waals surface area contributed by atoms with E-state index in [0.29, 0.717) is 11.5 Å². The molecule has 0 aliphatic rings. The number of likely N-dealkylation sites (N-methyl/N-ethyl adjacent to an activating group) is 1. The maximum atomic E-state index is 11.2. The van der Waals surface area contributed by atoms with Crippen LogP contribution < -0.4 is 11.1 Å². The van der Waals surface area contributed by atoms with Crippen LogP contribution in [0.3, 0.4) is 0 Å². The Kier molecular flexibility index (Phi) is 6.57. The third-order valence-corrected chi connectivity index (χ3v) is 2.92. The number of amides is 1. The molecule has 1 atom stereocenters. The minimum absolute atomic E-state index is 0.0594. The summed E-state index contributed by atoms with van der Waals surface area (Å²) in [5.74, 6) is 0.878. The predicted molar refractivity (Wildman–Crippen MR) is 59.2 cm³/mol. The van der Waals surface area contributed by atoms with Gasteiger partial charge in [0.25, 0.3) is 0 Å². The Morgan fingerprint density at radius 3 is 2.36 bits per heavy atom. The number of carbonyl (C=O) groups excluding carboxylic acids is 2. The highest BCUT2D eigenvalue weighted by atomic mass is 32.2. The smallest absolute Gasteiger partial charge is 0.235 e. The zero-order valence-electron chi connectivity index (χ0n) is 8.87. The van der Waals surface area contributed by atoms with Gasteiger partial charge in [0.15, 0.2) is 0 Å². The van der Waals surface area contributed by atoms with Crippen molar-refractivity contribution < 1.29 is 9.59 Å². The lowest BCUT2D eigenvalue weighted by molar-refractivity contribution is -0.120. The summed E-state index contributed by atoms with van der Waals surface area (Å²) in [5.41, 5.74) is 5.12. The van der Waals surface area contributed by atoms with E-state index in [0.717, 1.165) is 0 Å². The second-order valence-corrected chi connectivity index (χ2v) is 4.41. The molecule has 0 aliphatic heterocycles. The number of carbonyl (C=O) groups is 2. The summed E-state index contributed by atoms with van der Waals surface area (Å²) in [6, 6.07) is -0.347. The number of hydrogen-bond donors (Lipinski definition) is 2. The SMILES string of the molecule is CNC(CSCC(=O)C(C)C)C(N)=O. The fourth-order valence-electron chi connectivity index (χ4n) is 0.752. The van der Waals surface area contributed by atoms with Gasteiger partial charge in [-0.1, -0.05) is 13.8 Å². The molecule has 0 aromatic rings. The van der Waals surface area contributed by atoms with E-state index in [1.807, 2.05) is 13.8 Å². The van der Waals surface area contributed by atoms with Crippen LogP contribution in [0.1, 0.15) is 13.8 Å². The largest absolute Gasteiger partial charge is 0.368 e. The third kappa shape index (κ3) is 5.24. The van der Waals surface area contributed by atoms with Crippen LogP contribution in [0.25, 0.3) is 0 Å². The van der Waals surface area contributed by atoms with E-state index in [4.69, 9.17) is 5.73 Å². The van der Waals surface area contributed by atoms with E-state index >= 15 is 0 Å². The molecule has 82 valence electrons. The predicted octanol–water partition coefficient (Wildman–Crippen LogP) is 0.0180. The summed E-state index contributed by atoms with van der Waals surface area (Å²) in [6.45, 7) is 3.74. The fraction of sp³-hybridized carbons (Fsp3) is 0.778. The van der Waals surface area contributed by atoms with Gasteiger partial charge in [0.05, 0.1) is 11.8 Å². The molecule has 5 heteroatoms. The van der Waals surface area contributed by atoms with Gasteiger partial charge in [0.2, 0.25) is 5.91 Å². The van der Waals surface area contributed by atoms with E-state index in [1.54, 1.807) is 7.05 Å². The standard InChI is InChI=1S/C9H18N2O2S/c1-6(2)8(12)5-14-4-7(11-3)9(10)13/h6-7,11H,4-5H2,1-3H3,(H2,10,13). The Bertz CT molecular complexity index is 207. The van der Waals surface area contributed by atoms with Crippen molar-refractivity contribution in [3.63, 3.8) is 0 Å². The van der Waals surface area contributed by atoms with Crippen molar-refractivity contribution in [2.24, 2.45) is 11.7 Å². The van der Waals surface area contributed by atoms with Gasteiger partial charge in [-0.15, -0.1) is 0 Å². The first kappa shape index (κ1) is 13.4. The van der Waals surface area contributed by atoms with Crippen molar-refractivity contribution in [3.05, 3.63) is 0 Å². The zero-order chi connectivity index (χ0) is 11.1. The van der Waals surface area contributed by atoms with Crippen LogP contribution in [-0.2, 0) is 9.59 Å². The molecule has 0 bridgehead atoms. The van der Waals surface area contributed by atoms with Crippen molar-refractivity contribution >= 4 is 23.5 Å². The van der Waals surface area contributed by atoms with Gasteiger partial charge in [-0.05, 0) is 7.05 Å². The number of ketones is 1. The summed E-state index contributed by atoms with van der Waals surface area (Å²) in [6.07, 6.45) is 0. The van der Waals surface area contributed by atoms with Gasteiger partial charge in [-0.2, -0.15) is 11.8 Å². The van der Waals surface area contributed by atoms with Gasteiger partial charge < -0.3 is 11.1 Å². The number of rotatable bonds is 7. The normalized spacial score (nSPS) is 12.9. The molecule has 0 saturated heterocycles. The second kappa shape index (κ2) is 6.84. The van der Waals surface area contributed by atoms with Gasteiger partial charge in [-0.25, -0.2) is 0 Å². The van der Waals surface area contributed by atoms with Crippen molar-refractivity contribution in [2.75, 3.05) is 18.6 Å². The number of hydrogen-bond acceptors (Lipinski definition) is 4. The van der Waals surface area contributed by atoms with Crippen LogP contribution in [0.5, 0.6) is 0 Å². The zero-order valence-corrected chi connectivity index (χ0v) is 9.69. The monoisotopic (exact) mass is 218 g/mol. The maximum Gasteiger partial charge on any atom is 0.235 e. The van der Waals surface area contributed by atoms with Crippen molar-refractivity contribution in [3.8, 4) is 0 Å². The van der Waals surface area contributed by atoms with Crippen molar-refractivity contribution in [1.82, 2.24) is 5.32 Å². The van der Waals surface area contributed by atoms with E-state index in [-0.39, 0.29) is 23.7 Å². The van der Waals surface area contributed by atoms with Gasteiger partial charge in [0.1, 0.15) is 5.78 Å². The minimum Gasteiger partial charge on any atom is -0.368 e. The molecule has 0 fully saturated rings. The molecule has 0 aliphatic carbocycles. The van der Waals surface area contributed by atoms with E-state index in [9.17, 15) is 9.59 Å². The lowest BCUT2D eigenvalue weighted by Crippen LogP contribution is -2.41. The first-order chi connectivity index (χ1) is 6.49. The van der Waals surface area contributed by atoms with Crippen LogP contribution in [-0.4, -0.2) is 36.3 Å². The van der Waals surface area contributed by atoms with Crippen molar-refractivity contribution in [2.45, 2.75) is 19.9 Å². The molecule has 1 unspecified atom stereocenters. The fourth-order valence-corrected chi connectivity index (χ4v) is 1.97. The van der Waals surface area contributed by atoms with Crippen LogP contribution in [0.2, 0.25) is 0 Å². The quantitative estimate of drug-likeness (QED) is 0.632. The topological polar surface area (TPSA) is 72.2 Å². The first-order valence-corrected chi connectivity index (χ1v) is 5.71. The minimum atomic E-state index is -0.378. The third-order valence-electron chi connectivity index (χ3n) is 1.86. The summed E-state index contributed by atoms with van der Waals surface area (Å²) in [5, 5.41) is 2.80. The molecule has 0 saturated carbocycles. The van der Waals surface area contributed by atoms with Gasteiger partial charge >= 0.3 is 0 Å². The Labute approximate surface area is 89.0 Å². The molecular formula is C9H18N2O2S. The summed E-state index contributed by atoms with van der Waals surface area (Å²) in [7, 11) is 1.68. The van der Waals surface area contributed by atoms with Gasteiger partial charge in [-0.3, -0.25) is 9.59 Å². The molecule has 1 amide bonds. The average Bonchev–Trinajstić information content (AvgIpc) is 2.11. The molecule has 4 nitrogen and oxygen atoms in total. The number of thioether (sulfide) groups is 1. The molecule has 0 radical (unpaired) electrons. The van der Waals surface area contributed by atoms with Crippen LogP contribution >= 0.6 is 11.8 Å². The Balaban J connectivity index is 3.72. The lowest BCUT2D eigenvalue weighted by atomic mass is 10.1. The van der Waals surface area contributed by atoms with Crippen LogP contribution in [0.4, 0.5) is 0 Å². The molecule has 14 heavy (non-hydrogen) atoms. The van der Waals surface area contributed by atoms with Crippen LogP contribution in [0.15, 0.2) is 0 Å². The van der Waals surface area contributed by atoms with Crippen LogP contribution in [0, 0.1) is 5.92 Å². The molecular weight excluding hydrogens is 200 g/mol. The lowest BCUT2D eigenvalue weighted by Gasteiger charge is -2.11. The first-order valence-electron chi connectivity index (χ1n) is 4.56. The second-order valence-electron chi connectivity index (χ2n) is 3.38. The number of primary amides is 1. The Morgan fingerprint density at radius 1 is 1.43 bits per heavy atom. The summed E-state index contributed by atoms with van der Waals surface area (Å²) in [4.78, 5) is 22.0. The van der Waals surface area contributed by atoms with E-state index in [2.05, 4.69) is 5.32 Å². The maximum absolute atomic E-state index is 11.2. The van der Waals surface area contributed by atoms with E-state index in [1.165, 1.54) is 11.8 Å². The highest BCUT2D eigenvalue weighted by Crippen LogP contribution is 2.06. The van der Waals surface area contributed by atoms with Gasteiger partial charge in [0, 0.05) is 11.7 Å². The van der Waals surface area contributed by atoms with Crippen molar-refractivity contribution in [1.29, 1.82) is 0 Å². The number of Topliss-reactive ketones (excluding diaryl/α,β-unsaturated/α-hetero) is 1. The van der Waals surface area contributed by atoms with E-state index < -0.39 is 0 Å². The average molecular weight is 218 g/mol. The molecule has 0 aromatic heterocycles. The summed E-state index contributed by atoms with van der Waals surface area (Å²) < 4.78 is 0. The highest BCUT2D eigenvalue weighted by Gasteiger charge is 2.14. The molecule has 0 heterocycles.